The van der Waals surface area contributed by atoms with Crippen LogP contribution in [0.4, 0.5) is 13.2 Å². The molecule has 7 nitrogen and oxygen atoms in total. The van der Waals surface area contributed by atoms with Gasteiger partial charge in [0.25, 0.3) is 5.91 Å². The predicted molar refractivity (Wildman–Crippen MR) is 122 cm³/mol. The molecule has 2 heterocycles. The zero-order valence-electron chi connectivity index (χ0n) is 19.4. The smallest absolute Gasteiger partial charge is 0.491 e. The van der Waals surface area contributed by atoms with E-state index >= 15 is 0 Å². The van der Waals surface area contributed by atoms with E-state index in [1.54, 1.807) is 18.7 Å². The summed E-state index contributed by atoms with van der Waals surface area (Å²) < 4.78 is 46.5. The Hall–Kier alpha value is -3.40. The molecule has 1 amide bonds. The number of amides is 1. The molecule has 0 unspecified atom stereocenters. The fourth-order valence-electron chi connectivity index (χ4n) is 4.07. The number of rotatable bonds is 6. The van der Waals surface area contributed by atoms with E-state index < -0.39 is 12.0 Å². The number of alkyl halides is 3. The second kappa shape index (κ2) is 9.69. The molecule has 2 aromatic carbocycles. The van der Waals surface area contributed by atoms with Gasteiger partial charge in [-0.05, 0) is 63.1 Å². The first kappa shape index (κ1) is 24.7. The van der Waals surface area contributed by atoms with Crippen molar-refractivity contribution < 1.29 is 32.5 Å². The van der Waals surface area contributed by atoms with Crippen LogP contribution < -0.4 is 9.47 Å². The molecule has 1 aliphatic rings. The molecule has 0 aliphatic carbocycles. The molecule has 1 N–H and O–H groups in total. The lowest BCUT2D eigenvalue weighted by Gasteiger charge is -2.32. The predicted octanol–water partition coefficient (Wildman–Crippen LogP) is 4.70. The highest BCUT2D eigenvalue weighted by Gasteiger charge is 2.31. The van der Waals surface area contributed by atoms with Crippen molar-refractivity contribution in [3.63, 3.8) is 0 Å². The van der Waals surface area contributed by atoms with Crippen molar-refractivity contribution >= 4 is 16.8 Å². The molecule has 0 saturated carbocycles. The number of aromatic nitrogens is 2. The number of aliphatic hydroxyl groups is 1. The van der Waals surface area contributed by atoms with Crippen LogP contribution in [-0.2, 0) is 0 Å². The van der Waals surface area contributed by atoms with Gasteiger partial charge >= 0.3 is 6.36 Å². The number of ether oxygens (including phenoxy) is 2. The molecule has 1 aromatic heterocycles. The monoisotopic (exact) mass is 489 g/mol. The van der Waals surface area contributed by atoms with Gasteiger partial charge in [-0.1, -0.05) is 0 Å². The molecule has 0 bridgehead atoms. The Bertz CT molecular complexity index is 1190. The lowest BCUT2D eigenvalue weighted by atomic mass is 9.90. The number of likely N-dealkylation sites (tertiary alicyclic amines) is 1. The van der Waals surface area contributed by atoms with E-state index in [4.69, 9.17) is 4.74 Å². The van der Waals surface area contributed by atoms with Crippen LogP contribution in [0.3, 0.4) is 0 Å². The summed E-state index contributed by atoms with van der Waals surface area (Å²) in [5.41, 5.74) is 1.01. The molecule has 10 heteroatoms. The van der Waals surface area contributed by atoms with Crippen LogP contribution in [0.25, 0.3) is 10.9 Å². The molecular weight excluding hydrogens is 463 g/mol. The minimum absolute atomic E-state index is 0.134. The van der Waals surface area contributed by atoms with Gasteiger partial charge in [0, 0.05) is 36.0 Å². The van der Waals surface area contributed by atoms with E-state index in [1.807, 2.05) is 18.2 Å². The SMILES string of the molecule is CC(C)(O)COc1ccc2c(C3CCN(C(=O)c4ccc(OC(F)(F)F)cc4)CC3)ncnc2c1. The molecule has 1 fully saturated rings. The summed E-state index contributed by atoms with van der Waals surface area (Å²) in [5, 5.41) is 10.8. The molecule has 1 saturated heterocycles. The Morgan fingerprint density at radius 3 is 2.34 bits per heavy atom. The Morgan fingerprint density at radius 1 is 1.06 bits per heavy atom. The van der Waals surface area contributed by atoms with Crippen molar-refractivity contribution in [1.82, 2.24) is 14.9 Å². The number of hydrogen-bond acceptors (Lipinski definition) is 6. The zero-order chi connectivity index (χ0) is 25.2. The molecule has 1 aliphatic heterocycles. The Kier molecular flexibility index (Phi) is 6.84. The maximum Gasteiger partial charge on any atom is 0.573 e. The number of halogens is 3. The summed E-state index contributed by atoms with van der Waals surface area (Å²) in [7, 11) is 0. The number of carbonyl (C=O) groups is 1. The van der Waals surface area contributed by atoms with E-state index in [0.717, 1.165) is 28.7 Å². The maximum atomic E-state index is 12.8. The van der Waals surface area contributed by atoms with Gasteiger partial charge < -0.3 is 19.5 Å². The van der Waals surface area contributed by atoms with Crippen LogP contribution in [0, 0.1) is 0 Å². The number of benzene rings is 2. The van der Waals surface area contributed by atoms with Gasteiger partial charge in [0.1, 0.15) is 24.4 Å². The van der Waals surface area contributed by atoms with Crippen LogP contribution in [-0.4, -0.2) is 57.5 Å². The van der Waals surface area contributed by atoms with Crippen molar-refractivity contribution in [2.75, 3.05) is 19.7 Å². The van der Waals surface area contributed by atoms with Gasteiger partial charge in [0.15, 0.2) is 0 Å². The average Bonchev–Trinajstić information content (AvgIpc) is 2.81. The summed E-state index contributed by atoms with van der Waals surface area (Å²) in [6.07, 6.45) is -1.86. The van der Waals surface area contributed by atoms with E-state index in [1.165, 1.54) is 18.5 Å². The van der Waals surface area contributed by atoms with E-state index in [9.17, 15) is 23.1 Å². The number of piperidine rings is 1. The van der Waals surface area contributed by atoms with Gasteiger partial charge in [-0.25, -0.2) is 9.97 Å². The lowest BCUT2D eigenvalue weighted by Crippen LogP contribution is -2.38. The third kappa shape index (κ3) is 6.39. The van der Waals surface area contributed by atoms with Crippen molar-refractivity contribution in [3.8, 4) is 11.5 Å². The van der Waals surface area contributed by atoms with E-state index in [2.05, 4.69) is 14.7 Å². The molecule has 35 heavy (non-hydrogen) atoms. The maximum absolute atomic E-state index is 12.8. The average molecular weight is 489 g/mol. The lowest BCUT2D eigenvalue weighted by molar-refractivity contribution is -0.274. The standard InChI is InChI=1S/C25H26F3N3O4/c1-24(2,33)14-34-19-7-8-20-21(13-19)29-15-30-22(20)16-9-11-31(12-10-16)23(32)17-3-5-18(6-4-17)35-25(26,27)28/h3-8,13,15-16,33H,9-12,14H2,1-2H3. The first-order valence-electron chi connectivity index (χ1n) is 11.2. The van der Waals surface area contributed by atoms with Gasteiger partial charge in [0.05, 0.1) is 16.8 Å². The fourth-order valence-corrected chi connectivity index (χ4v) is 4.07. The molecule has 0 spiro atoms. The van der Waals surface area contributed by atoms with Gasteiger partial charge in [0.2, 0.25) is 0 Å². The highest BCUT2D eigenvalue weighted by molar-refractivity contribution is 5.94. The number of nitrogens with zero attached hydrogens (tertiary/aromatic N) is 3. The van der Waals surface area contributed by atoms with Crippen molar-refractivity contribution in [3.05, 3.63) is 60.0 Å². The first-order valence-corrected chi connectivity index (χ1v) is 11.2. The Balaban J connectivity index is 1.41. The summed E-state index contributed by atoms with van der Waals surface area (Å²) in [6, 6.07) is 10.5. The molecule has 186 valence electrons. The first-order chi connectivity index (χ1) is 16.5. The van der Waals surface area contributed by atoms with E-state index in [0.29, 0.717) is 37.2 Å². The number of carbonyl (C=O) groups excluding carboxylic acids is 1. The molecule has 4 rings (SSSR count). The van der Waals surface area contributed by atoms with Crippen LogP contribution in [0.1, 0.15) is 48.7 Å². The number of fused-ring (bicyclic) bond motifs is 1. The summed E-state index contributed by atoms with van der Waals surface area (Å²) in [4.78, 5) is 23.4. The minimum Gasteiger partial charge on any atom is -0.491 e. The second-order valence-corrected chi connectivity index (χ2v) is 9.18. The summed E-state index contributed by atoms with van der Waals surface area (Å²) in [6.45, 7) is 4.50. The van der Waals surface area contributed by atoms with E-state index in [-0.39, 0.29) is 24.2 Å². The number of hydrogen-bond donors (Lipinski definition) is 1. The molecule has 0 atom stereocenters. The normalized spacial score (nSPS) is 15.3. The topological polar surface area (TPSA) is 84.8 Å². The summed E-state index contributed by atoms with van der Waals surface area (Å²) in [5.74, 6) is 0.145. The fraction of sp³-hybridized carbons (Fsp3) is 0.400. The third-order valence-corrected chi connectivity index (χ3v) is 5.73. The zero-order valence-corrected chi connectivity index (χ0v) is 19.4. The van der Waals surface area contributed by atoms with Crippen LogP contribution in [0.5, 0.6) is 11.5 Å². The Labute approximate surface area is 200 Å². The third-order valence-electron chi connectivity index (χ3n) is 5.73. The van der Waals surface area contributed by atoms with Gasteiger partial charge in [-0.3, -0.25) is 4.79 Å². The minimum atomic E-state index is -4.77. The molecular formula is C25H26F3N3O4. The Morgan fingerprint density at radius 2 is 1.71 bits per heavy atom. The molecule has 3 aromatic rings. The van der Waals surface area contributed by atoms with Crippen LogP contribution >= 0.6 is 0 Å². The molecule has 0 radical (unpaired) electrons. The highest BCUT2D eigenvalue weighted by atomic mass is 19.4. The van der Waals surface area contributed by atoms with Gasteiger partial charge in [-0.15, -0.1) is 13.2 Å². The van der Waals surface area contributed by atoms with Crippen LogP contribution in [0.15, 0.2) is 48.8 Å². The quantitative estimate of drug-likeness (QED) is 0.541. The van der Waals surface area contributed by atoms with Crippen LogP contribution in [0.2, 0.25) is 0 Å². The van der Waals surface area contributed by atoms with Gasteiger partial charge in [-0.2, -0.15) is 0 Å². The highest BCUT2D eigenvalue weighted by Crippen LogP contribution is 2.33. The second-order valence-electron chi connectivity index (χ2n) is 9.18. The largest absolute Gasteiger partial charge is 0.573 e. The van der Waals surface area contributed by atoms with Crippen molar-refractivity contribution in [2.45, 2.75) is 44.6 Å². The van der Waals surface area contributed by atoms with Crippen molar-refractivity contribution in [1.29, 1.82) is 0 Å². The summed E-state index contributed by atoms with van der Waals surface area (Å²) >= 11 is 0. The van der Waals surface area contributed by atoms with Crippen molar-refractivity contribution in [2.24, 2.45) is 0 Å².